The Bertz CT molecular complexity index is 265. The maximum Gasteiger partial charge on any atom is 0.149 e. The number of halogens is 1. The summed E-state index contributed by atoms with van der Waals surface area (Å²) in [6, 6.07) is 0. The van der Waals surface area contributed by atoms with Crippen molar-refractivity contribution >= 4 is 17.4 Å². The van der Waals surface area contributed by atoms with E-state index >= 15 is 0 Å². The van der Waals surface area contributed by atoms with Gasteiger partial charge in [-0.05, 0) is 6.42 Å². The summed E-state index contributed by atoms with van der Waals surface area (Å²) in [5.74, 6) is 0.834. The van der Waals surface area contributed by atoms with Gasteiger partial charge >= 0.3 is 0 Å². The van der Waals surface area contributed by atoms with E-state index in [2.05, 4.69) is 21.8 Å². The number of anilines is 1. The van der Waals surface area contributed by atoms with Gasteiger partial charge in [0.1, 0.15) is 11.0 Å². The molecule has 0 atom stereocenters. The molecule has 0 saturated carbocycles. The van der Waals surface area contributed by atoms with Gasteiger partial charge in [-0.1, -0.05) is 24.9 Å². The lowest BCUT2D eigenvalue weighted by molar-refractivity contribution is 0.758. The van der Waals surface area contributed by atoms with Crippen LogP contribution in [0.5, 0.6) is 0 Å². The molecule has 0 radical (unpaired) electrons. The lowest BCUT2D eigenvalue weighted by atomic mass is 10.3. The Kier molecular flexibility index (Phi) is 3.96. The first-order valence-corrected chi connectivity index (χ1v) is 4.80. The van der Waals surface area contributed by atoms with Crippen molar-refractivity contribution in [2.75, 3.05) is 18.5 Å². The Balaban J connectivity index is 2.60. The monoisotopic (exact) mass is 199 g/mol. The third-order valence-corrected chi connectivity index (χ3v) is 2.01. The van der Waals surface area contributed by atoms with Crippen LogP contribution < -0.4 is 4.90 Å². The van der Waals surface area contributed by atoms with Crippen molar-refractivity contribution in [1.29, 1.82) is 0 Å². The van der Waals surface area contributed by atoms with Gasteiger partial charge in [-0.2, -0.15) is 0 Å². The first kappa shape index (κ1) is 10.3. The van der Waals surface area contributed by atoms with Crippen LogP contribution in [0.4, 0.5) is 5.82 Å². The highest BCUT2D eigenvalue weighted by Gasteiger charge is 2.01. The molecule has 0 unspecified atom stereocenters. The summed E-state index contributed by atoms with van der Waals surface area (Å²) in [5, 5.41) is 0.445. The molecule has 0 N–H and O–H groups in total. The van der Waals surface area contributed by atoms with Crippen LogP contribution in [0.25, 0.3) is 0 Å². The number of aromatic nitrogens is 2. The van der Waals surface area contributed by atoms with E-state index < -0.39 is 0 Å². The van der Waals surface area contributed by atoms with Crippen molar-refractivity contribution in [2.45, 2.75) is 19.8 Å². The molecule has 72 valence electrons. The third-order valence-electron chi connectivity index (χ3n) is 1.83. The fourth-order valence-electron chi connectivity index (χ4n) is 1.03. The average Bonchev–Trinajstić information content (AvgIpc) is 2.14. The SMILES string of the molecule is CCCCN(C)c1cncc(Cl)n1. The molecular weight excluding hydrogens is 186 g/mol. The predicted molar refractivity (Wildman–Crippen MR) is 55.2 cm³/mol. The fraction of sp³-hybridized carbons (Fsp3) is 0.556. The van der Waals surface area contributed by atoms with Crippen LogP contribution in [0.3, 0.4) is 0 Å². The van der Waals surface area contributed by atoms with Crippen molar-refractivity contribution in [2.24, 2.45) is 0 Å². The zero-order chi connectivity index (χ0) is 9.68. The summed E-state index contributed by atoms with van der Waals surface area (Å²) in [7, 11) is 2.00. The first-order valence-electron chi connectivity index (χ1n) is 4.42. The highest BCUT2D eigenvalue weighted by molar-refractivity contribution is 6.29. The van der Waals surface area contributed by atoms with Gasteiger partial charge in [-0.15, -0.1) is 0 Å². The van der Waals surface area contributed by atoms with E-state index in [9.17, 15) is 0 Å². The Morgan fingerprint density at radius 3 is 2.85 bits per heavy atom. The van der Waals surface area contributed by atoms with E-state index in [0.29, 0.717) is 5.15 Å². The van der Waals surface area contributed by atoms with Gasteiger partial charge < -0.3 is 4.90 Å². The van der Waals surface area contributed by atoms with Crippen LogP contribution in [0.15, 0.2) is 12.4 Å². The molecular formula is C9H14ClN3. The number of rotatable bonds is 4. The molecule has 1 aromatic rings. The zero-order valence-electron chi connectivity index (χ0n) is 8.00. The molecule has 0 fully saturated rings. The van der Waals surface area contributed by atoms with Gasteiger partial charge in [0.15, 0.2) is 0 Å². The standard InChI is InChI=1S/C9H14ClN3/c1-3-4-5-13(2)9-7-11-6-8(10)12-9/h6-7H,3-5H2,1-2H3. The Hall–Kier alpha value is -0.830. The van der Waals surface area contributed by atoms with E-state index in [0.717, 1.165) is 18.8 Å². The average molecular weight is 200 g/mol. The summed E-state index contributed by atoms with van der Waals surface area (Å²) in [6.07, 6.45) is 5.60. The maximum absolute atomic E-state index is 5.72. The van der Waals surface area contributed by atoms with Crippen LogP contribution in [0.2, 0.25) is 5.15 Å². The normalized spacial score (nSPS) is 10.1. The summed E-state index contributed by atoms with van der Waals surface area (Å²) in [4.78, 5) is 10.2. The Morgan fingerprint density at radius 2 is 2.23 bits per heavy atom. The van der Waals surface area contributed by atoms with Crippen molar-refractivity contribution in [3.05, 3.63) is 17.5 Å². The van der Waals surface area contributed by atoms with Crippen molar-refractivity contribution in [1.82, 2.24) is 9.97 Å². The Labute approximate surface area is 83.8 Å². The highest BCUT2D eigenvalue weighted by Crippen LogP contribution is 2.11. The molecule has 0 saturated heterocycles. The van der Waals surface area contributed by atoms with Crippen molar-refractivity contribution in [3.63, 3.8) is 0 Å². The molecule has 1 aromatic heterocycles. The summed E-state index contributed by atoms with van der Waals surface area (Å²) < 4.78 is 0. The minimum atomic E-state index is 0.445. The zero-order valence-corrected chi connectivity index (χ0v) is 8.75. The molecule has 0 aliphatic heterocycles. The number of unbranched alkanes of at least 4 members (excludes halogenated alkanes) is 1. The number of hydrogen-bond donors (Lipinski definition) is 0. The fourth-order valence-corrected chi connectivity index (χ4v) is 1.17. The lowest BCUT2D eigenvalue weighted by Gasteiger charge is -2.16. The molecule has 4 heteroatoms. The van der Waals surface area contributed by atoms with Crippen LogP contribution >= 0.6 is 11.6 Å². The largest absolute Gasteiger partial charge is 0.358 e. The Morgan fingerprint density at radius 1 is 1.46 bits per heavy atom. The molecule has 13 heavy (non-hydrogen) atoms. The maximum atomic E-state index is 5.72. The third kappa shape index (κ3) is 3.19. The van der Waals surface area contributed by atoms with Gasteiger partial charge in [0, 0.05) is 13.6 Å². The van der Waals surface area contributed by atoms with E-state index in [4.69, 9.17) is 11.6 Å². The first-order chi connectivity index (χ1) is 6.24. The molecule has 3 nitrogen and oxygen atoms in total. The lowest BCUT2D eigenvalue weighted by Crippen LogP contribution is -2.19. The molecule has 0 aliphatic carbocycles. The van der Waals surface area contributed by atoms with Gasteiger partial charge in [0.25, 0.3) is 0 Å². The molecule has 0 amide bonds. The van der Waals surface area contributed by atoms with E-state index in [-0.39, 0.29) is 0 Å². The summed E-state index contributed by atoms with van der Waals surface area (Å²) in [5.41, 5.74) is 0. The van der Waals surface area contributed by atoms with E-state index in [1.807, 2.05) is 7.05 Å². The van der Waals surface area contributed by atoms with Crippen molar-refractivity contribution < 1.29 is 0 Å². The molecule has 0 bridgehead atoms. The predicted octanol–water partition coefficient (Wildman–Crippen LogP) is 2.37. The van der Waals surface area contributed by atoms with E-state index in [1.54, 1.807) is 12.4 Å². The molecule has 0 aliphatic rings. The highest BCUT2D eigenvalue weighted by atomic mass is 35.5. The minimum Gasteiger partial charge on any atom is -0.358 e. The number of nitrogens with zero attached hydrogens (tertiary/aromatic N) is 3. The van der Waals surface area contributed by atoms with Gasteiger partial charge in [0.2, 0.25) is 0 Å². The molecule has 1 rings (SSSR count). The van der Waals surface area contributed by atoms with Gasteiger partial charge in [0.05, 0.1) is 12.4 Å². The van der Waals surface area contributed by atoms with Crippen LogP contribution in [-0.2, 0) is 0 Å². The molecule has 0 spiro atoms. The van der Waals surface area contributed by atoms with Crippen LogP contribution in [-0.4, -0.2) is 23.6 Å². The second kappa shape index (κ2) is 5.02. The minimum absolute atomic E-state index is 0.445. The summed E-state index contributed by atoms with van der Waals surface area (Å²) in [6.45, 7) is 3.16. The summed E-state index contributed by atoms with van der Waals surface area (Å²) >= 11 is 5.72. The second-order valence-corrected chi connectivity index (χ2v) is 3.36. The van der Waals surface area contributed by atoms with Gasteiger partial charge in [-0.3, -0.25) is 4.98 Å². The quantitative estimate of drug-likeness (QED) is 0.746. The van der Waals surface area contributed by atoms with E-state index in [1.165, 1.54) is 6.42 Å². The van der Waals surface area contributed by atoms with Crippen LogP contribution in [0.1, 0.15) is 19.8 Å². The van der Waals surface area contributed by atoms with Gasteiger partial charge in [-0.25, -0.2) is 4.98 Å². The number of hydrogen-bond acceptors (Lipinski definition) is 3. The molecule has 0 aromatic carbocycles. The second-order valence-electron chi connectivity index (χ2n) is 2.98. The van der Waals surface area contributed by atoms with Crippen molar-refractivity contribution in [3.8, 4) is 0 Å². The topological polar surface area (TPSA) is 29.0 Å². The molecule has 1 heterocycles. The smallest absolute Gasteiger partial charge is 0.149 e. The van der Waals surface area contributed by atoms with Crippen LogP contribution in [0, 0.1) is 0 Å².